The number of amides is 2. The molecule has 0 aliphatic heterocycles. The molecule has 138 valence electrons. The second-order valence-corrected chi connectivity index (χ2v) is 5.37. The lowest BCUT2D eigenvalue weighted by molar-refractivity contribution is -0.274. The first-order valence-electron chi connectivity index (χ1n) is 7.47. The Morgan fingerprint density at radius 1 is 1.00 bits per heavy atom. The van der Waals surface area contributed by atoms with Gasteiger partial charge in [-0.25, -0.2) is 0 Å². The van der Waals surface area contributed by atoms with Crippen LogP contribution in [0.1, 0.15) is 17.3 Å². The number of nitrogens with one attached hydrogen (secondary N) is 2. The summed E-state index contributed by atoms with van der Waals surface area (Å²) in [6.07, 6.45) is -4.77. The maximum atomic E-state index is 12.1. The average molecular weight is 367 g/mol. The largest absolute Gasteiger partial charge is 0.573 e. The van der Waals surface area contributed by atoms with Gasteiger partial charge in [0.15, 0.2) is 0 Å². The molecule has 0 spiro atoms. The van der Waals surface area contributed by atoms with Gasteiger partial charge in [-0.1, -0.05) is 0 Å². The zero-order chi connectivity index (χ0) is 19.3. The van der Waals surface area contributed by atoms with E-state index in [1.54, 1.807) is 19.1 Å². The number of carbonyl (C=O) groups excluding carboxylic acids is 2. The van der Waals surface area contributed by atoms with E-state index >= 15 is 0 Å². The quantitative estimate of drug-likeness (QED) is 0.731. The van der Waals surface area contributed by atoms with E-state index in [0.29, 0.717) is 16.9 Å². The van der Waals surface area contributed by atoms with Crippen molar-refractivity contribution in [2.45, 2.75) is 19.3 Å². The Bertz CT molecular complexity index is 775. The van der Waals surface area contributed by atoms with Crippen LogP contribution in [-0.2, 0) is 4.79 Å². The van der Waals surface area contributed by atoms with Gasteiger partial charge in [0.25, 0.3) is 0 Å². The highest BCUT2D eigenvalue weighted by Crippen LogP contribution is 2.24. The minimum atomic E-state index is -4.77. The molecular formula is C17H16F3N3O3. The lowest BCUT2D eigenvalue weighted by Crippen LogP contribution is -2.31. The molecule has 9 heteroatoms. The van der Waals surface area contributed by atoms with Crippen LogP contribution in [0.5, 0.6) is 5.75 Å². The van der Waals surface area contributed by atoms with Crippen molar-refractivity contribution in [1.29, 1.82) is 0 Å². The SMILES string of the molecule is C[C@H](Nc1ccc(C(N)=O)cc1)C(=O)Nc1ccc(OC(F)(F)F)cc1. The summed E-state index contributed by atoms with van der Waals surface area (Å²) in [6.45, 7) is 1.61. The summed E-state index contributed by atoms with van der Waals surface area (Å²) in [7, 11) is 0. The van der Waals surface area contributed by atoms with E-state index in [0.717, 1.165) is 12.1 Å². The van der Waals surface area contributed by atoms with Gasteiger partial charge in [0, 0.05) is 16.9 Å². The normalized spacial score (nSPS) is 12.2. The molecule has 2 rings (SSSR count). The lowest BCUT2D eigenvalue weighted by atomic mass is 10.2. The molecule has 6 nitrogen and oxygen atoms in total. The fourth-order valence-electron chi connectivity index (χ4n) is 2.04. The van der Waals surface area contributed by atoms with E-state index in [-0.39, 0.29) is 5.75 Å². The van der Waals surface area contributed by atoms with Gasteiger partial charge in [-0.3, -0.25) is 9.59 Å². The van der Waals surface area contributed by atoms with Crippen LogP contribution in [0.2, 0.25) is 0 Å². The molecule has 0 saturated heterocycles. The Labute approximate surface area is 147 Å². The van der Waals surface area contributed by atoms with Crippen molar-refractivity contribution in [2.24, 2.45) is 5.73 Å². The van der Waals surface area contributed by atoms with Crippen molar-refractivity contribution < 1.29 is 27.5 Å². The summed E-state index contributed by atoms with van der Waals surface area (Å²) in [6, 6.07) is 10.4. The van der Waals surface area contributed by atoms with E-state index in [9.17, 15) is 22.8 Å². The number of halogens is 3. The van der Waals surface area contributed by atoms with Gasteiger partial charge >= 0.3 is 6.36 Å². The number of primary amides is 1. The molecule has 0 radical (unpaired) electrons. The number of anilines is 2. The fourth-order valence-corrected chi connectivity index (χ4v) is 2.04. The number of carbonyl (C=O) groups is 2. The third-order valence-corrected chi connectivity index (χ3v) is 3.30. The van der Waals surface area contributed by atoms with Gasteiger partial charge < -0.3 is 21.1 Å². The van der Waals surface area contributed by atoms with Gasteiger partial charge in [0.2, 0.25) is 11.8 Å². The summed E-state index contributed by atoms with van der Waals surface area (Å²) in [5, 5.41) is 5.50. The molecule has 0 aliphatic rings. The first-order valence-corrected chi connectivity index (χ1v) is 7.47. The zero-order valence-electron chi connectivity index (χ0n) is 13.6. The van der Waals surface area contributed by atoms with Crippen LogP contribution in [0.25, 0.3) is 0 Å². The summed E-state index contributed by atoms with van der Waals surface area (Å²) in [5.41, 5.74) is 6.42. The number of nitrogens with two attached hydrogens (primary N) is 1. The summed E-state index contributed by atoms with van der Waals surface area (Å²) >= 11 is 0. The first kappa shape index (κ1) is 19.1. The van der Waals surface area contributed by atoms with Crippen molar-refractivity contribution in [1.82, 2.24) is 0 Å². The fraction of sp³-hybridized carbons (Fsp3) is 0.176. The molecule has 0 fully saturated rings. The highest BCUT2D eigenvalue weighted by Gasteiger charge is 2.31. The van der Waals surface area contributed by atoms with Crippen molar-refractivity contribution in [3.63, 3.8) is 0 Å². The Morgan fingerprint density at radius 2 is 1.54 bits per heavy atom. The molecular weight excluding hydrogens is 351 g/mol. The number of alkyl halides is 3. The lowest BCUT2D eigenvalue weighted by Gasteiger charge is -2.16. The summed E-state index contributed by atoms with van der Waals surface area (Å²) in [4.78, 5) is 23.2. The van der Waals surface area contributed by atoms with E-state index in [2.05, 4.69) is 15.4 Å². The molecule has 0 aliphatic carbocycles. The molecule has 0 heterocycles. The zero-order valence-corrected chi connectivity index (χ0v) is 13.6. The van der Waals surface area contributed by atoms with Crippen molar-refractivity contribution in [3.05, 3.63) is 54.1 Å². The Morgan fingerprint density at radius 3 is 2.04 bits per heavy atom. The topological polar surface area (TPSA) is 93.5 Å². The summed E-state index contributed by atoms with van der Waals surface area (Å²) in [5.74, 6) is -1.33. The average Bonchev–Trinajstić information content (AvgIpc) is 2.55. The van der Waals surface area contributed by atoms with Crippen LogP contribution >= 0.6 is 0 Å². The highest BCUT2D eigenvalue weighted by atomic mass is 19.4. The molecule has 0 unspecified atom stereocenters. The van der Waals surface area contributed by atoms with Crippen LogP contribution in [-0.4, -0.2) is 24.2 Å². The Kier molecular flexibility index (Phi) is 5.71. The third kappa shape index (κ3) is 5.69. The Balaban J connectivity index is 1.93. The molecule has 1 atom stereocenters. The van der Waals surface area contributed by atoms with Gasteiger partial charge in [0.05, 0.1) is 0 Å². The Hall–Kier alpha value is -3.23. The smallest absolute Gasteiger partial charge is 0.406 e. The highest BCUT2D eigenvalue weighted by molar-refractivity contribution is 5.96. The van der Waals surface area contributed by atoms with E-state index in [4.69, 9.17) is 5.73 Å². The van der Waals surface area contributed by atoms with Gasteiger partial charge in [-0.2, -0.15) is 0 Å². The second-order valence-electron chi connectivity index (χ2n) is 5.37. The minimum absolute atomic E-state index is 0.322. The number of benzene rings is 2. The van der Waals surface area contributed by atoms with Crippen LogP contribution < -0.4 is 21.1 Å². The van der Waals surface area contributed by atoms with Crippen LogP contribution in [0.3, 0.4) is 0 Å². The van der Waals surface area contributed by atoms with E-state index in [1.165, 1.54) is 24.3 Å². The molecule has 0 bridgehead atoms. The van der Waals surface area contributed by atoms with Gasteiger partial charge in [-0.05, 0) is 55.5 Å². The van der Waals surface area contributed by atoms with Gasteiger partial charge in [-0.15, -0.1) is 13.2 Å². The second kappa shape index (κ2) is 7.77. The maximum Gasteiger partial charge on any atom is 0.573 e. The number of hydrogen-bond donors (Lipinski definition) is 3. The minimum Gasteiger partial charge on any atom is -0.406 e. The molecule has 2 aromatic carbocycles. The standard InChI is InChI=1S/C17H16F3N3O3/c1-10(22-12-4-2-11(3-5-12)15(21)24)16(25)23-13-6-8-14(9-7-13)26-17(18,19)20/h2-10,22H,1H3,(H2,21,24)(H,23,25)/t10-/m0/s1. The molecule has 2 amide bonds. The third-order valence-electron chi connectivity index (χ3n) is 3.30. The van der Waals surface area contributed by atoms with Crippen LogP contribution in [0.15, 0.2) is 48.5 Å². The van der Waals surface area contributed by atoms with E-state index < -0.39 is 24.2 Å². The van der Waals surface area contributed by atoms with Gasteiger partial charge in [0.1, 0.15) is 11.8 Å². The summed E-state index contributed by atoms with van der Waals surface area (Å²) < 4.78 is 40.1. The predicted octanol–water partition coefficient (Wildman–Crippen LogP) is 3.12. The maximum absolute atomic E-state index is 12.1. The number of rotatable bonds is 6. The predicted molar refractivity (Wildman–Crippen MR) is 89.8 cm³/mol. The number of hydrogen-bond acceptors (Lipinski definition) is 4. The van der Waals surface area contributed by atoms with Crippen LogP contribution in [0.4, 0.5) is 24.5 Å². The molecule has 0 aromatic heterocycles. The monoisotopic (exact) mass is 367 g/mol. The molecule has 4 N–H and O–H groups in total. The van der Waals surface area contributed by atoms with Crippen molar-refractivity contribution in [3.8, 4) is 5.75 Å². The molecule has 2 aromatic rings. The van der Waals surface area contributed by atoms with Crippen molar-refractivity contribution >= 4 is 23.2 Å². The first-order chi connectivity index (χ1) is 12.1. The molecule has 0 saturated carbocycles. The van der Waals surface area contributed by atoms with E-state index in [1.807, 2.05) is 0 Å². The van der Waals surface area contributed by atoms with Crippen LogP contribution in [0, 0.1) is 0 Å². The number of ether oxygens (including phenoxy) is 1. The molecule has 26 heavy (non-hydrogen) atoms. The van der Waals surface area contributed by atoms with Crippen molar-refractivity contribution in [2.75, 3.05) is 10.6 Å².